The van der Waals surface area contributed by atoms with Crippen molar-refractivity contribution in [3.05, 3.63) is 86.9 Å². The first-order valence-corrected chi connectivity index (χ1v) is 15.0. The van der Waals surface area contributed by atoms with Crippen LogP contribution in [0.1, 0.15) is 61.0 Å². The average molecular weight is 663 g/mol. The van der Waals surface area contributed by atoms with Gasteiger partial charge in [-0.25, -0.2) is 13.6 Å². The monoisotopic (exact) mass is 661 g/mol. The molecule has 8 nitrogen and oxygen atoms in total. The van der Waals surface area contributed by atoms with E-state index in [-0.39, 0.29) is 51.8 Å². The Kier molecular flexibility index (Phi) is 10.7. The SMILES string of the molecule is COC(=O)c1cc(OC)c(NC(=O)C2NC(CC(C)(C)C)CC(=O)Nc3cc(Cl)ccc3CC2c2cccc(Cl)c2F)cc1F. The van der Waals surface area contributed by atoms with Gasteiger partial charge in [0.25, 0.3) is 0 Å². The predicted octanol–water partition coefficient (Wildman–Crippen LogP) is 7.14. The number of methoxy groups -OCH3 is 2. The van der Waals surface area contributed by atoms with Gasteiger partial charge in [-0.05, 0) is 53.6 Å². The number of carbonyl (C=O) groups excluding carboxylic acids is 3. The van der Waals surface area contributed by atoms with E-state index in [9.17, 15) is 18.8 Å². The number of rotatable bonds is 6. The second-order valence-electron chi connectivity index (χ2n) is 12.1. The molecule has 12 heteroatoms. The molecule has 3 aromatic rings. The summed E-state index contributed by atoms with van der Waals surface area (Å²) in [6.07, 6.45) is 0.552. The zero-order valence-corrected chi connectivity index (χ0v) is 27.0. The van der Waals surface area contributed by atoms with Gasteiger partial charge < -0.3 is 25.4 Å². The Labute approximate surface area is 270 Å². The summed E-state index contributed by atoms with van der Waals surface area (Å²) in [5.74, 6) is -4.38. The van der Waals surface area contributed by atoms with Gasteiger partial charge >= 0.3 is 5.97 Å². The highest BCUT2D eigenvalue weighted by Gasteiger charge is 2.37. The van der Waals surface area contributed by atoms with Crippen molar-refractivity contribution in [1.29, 1.82) is 0 Å². The molecule has 1 heterocycles. The van der Waals surface area contributed by atoms with Gasteiger partial charge in [-0.15, -0.1) is 0 Å². The molecule has 3 unspecified atom stereocenters. The van der Waals surface area contributed by atoms with Gasteiger partial charge in [0.1, 0.15) is 17.4 Å². The molecular weight excluding hydrogens is 627 g/mol. The highest BCUT2D eigenvalue weighted by atomic mass is 35.5. The Morgan fingerprint density at radius 1 is 1.04 bits per heavy atom. The van der Waals surface area contributed by atoms with Gasteiger partial charge in [0.2, 0.25) is 11.8 Å². The normalized spacial score (nSPS) is 18.8. The van der Waals surface area contributed by atoms with Crippen LogP contribution in [0.15, 0.2) is 48.5 Å². The lowest BCUT2D eigenvalue weighted by atomic mass is 9.81. The Morgan fingerprint density at radius 3 is 2.44 bits per heavy atom. The van der Waals surface area contributed by atoms with Gasteiger partial charge in [0.15, 0.2) is 0 Å². The molecule has 0 saturated heterocycles. The van der Waals surface area contributed by atoms with E-state index in [1.165, 1.54) is 13.2 Å². The van der Waals surface area contributed by atoms with Crippen molar-refractivity contribution in [3.63, 3.8) is 0 Å². The lowest BCUT2D eigenvalue weighted by molar-refractivity contribution is -0.120. The van der Waals surface area contributed by atoms with Crippen LogP contribution in [0.3, 0.4) is 0 Å². The highest BCUT2D eigenvalue weighted by Crippen LogP contribution is 2.36. The van der Waals surface area contributed by atoms with Crippen molar-refractivity contribution < 1.29 is 32.6 Å². The molecule has 4 rings (SSSR count). The van der Waals surface area contributed by atoms with E-state index in [1.807, 2.05) is 20.8 Å². The second kappa shape index (κ2) is 14.1. The first-order chi connectivity index (χ1) is 21.2. The van der Waals surface area contributed by atoms with E-state index in [2.05, 4.69) is 20.7 Å². The fourth-order valence-electron chi connectivity index (χ4n) is 5.57. The maximum Gasteiger partial charge on any atom is 0.340 e. The van der Waals surface area contributed by atoms with Crippen molar-refractivity contribution in [1.82, 2.24) is 5.32 Å². The molecular formula is C33H35Cl2F2N3O5. The van der Waals surface area contributed by atoms with E-state index in [1.54, 1.807) is 30.3 Å². The third-order valence-electron chi connectivity index (χ3n) is 7.51. The number of hydrogen-bond acceptors (Lipinski definition) is 6. The Bertz CT molecular complexity index is 1610. The number of esters is 1. The minimum absolute atomic E-state index is 0.00103. The van der Waals surface area contributed by atoms with Gasteiger partial charge in [-0.3, -0.25) is 9.59 Å². The largest absolute Gasteiger partial charge is 0.495 e. The molecule has 1 aliphatic heterocycles. The number of hydrogen-bond donors (Lipinski definition) is 3. The van der Waals surface area contributed by atoms with Crippen LogP contribution >= 0.6 is 23.2 Å². The van der Waals surface area contributed by atoms with E-state index in [0.29, 0.717) is 22.7 Å². The standard InChI is InChI=1S/C33H35Cl2F2N3O5/c1-33(2,3)16-19-13-28(41)39-25-12-18(34)10-9-17(25)11-21(20-7-6-8-23(35)29(20)37)30(38-19)31(42)40-26-15-24(36)22(32(43)45-5)14-27(26)44-4/h6-10,12,14-15,19,21,30,38H,11,13,16H2,1-5H3,(H,39,41)(H,40,42). The number of ether oxygens (including phenoxy) is 2. The molecule has 240 valence electrons. The van der Waals surface area contributed by atoms with Gasteiger partial charge in [0.05, 0.1) is 36.5 Å². The predicted molar refractivity (Wildman–Crippen MR) is 170 cm³/mol. The van der Waals surface area contributed by atoms with Crippen molar-refractivity contribution in [2.45, 2.75) is 58.0 Å². The molecule has 3 atom stereocenters. The van der Waals surface area contributed by atoms with Gasteiger partial charge in [-0.1, -0.05) is 62.2 Å². The maximum absolute atomic E-state index is 15.8. The van der Waals surface area contributed by atoms with Crippen LogP contribution in [0, 0.1) is 17.0 Å². The van der Waals surface area contributed by atoms with Crippen LogP contribution in [0.4, 0.5) is 20.2 Å². The average Bonchev–Trinajstić information content (AvgIpc) is 2.96. The number of fused-ring (bicyclic) bond motifs is 1. The van der Waals surface area contributed by atoms with Crippen LogP contribution < -0.4 is 20.7 Å². The summed E-state index contributed by atoms with van der Waals surface area (Å²) in [7, 11) is 2.42. The van der Waals surface area contributed by atoms with Crippen molar-refractivity contribution in [2.75, 3.05) is 24.9 Å². The smallest absolute Gasteiger partial charge is 0.340 e. The molecule has 0 saturated carbocycles. The minimum Gasteiger partial charge on any atom is -0.495 e. The third kappa shape index (κ3) is 8.31. The van der Waals surface area contributed by atoms with E-state index in [4.69, 9.17) is 27.9 Å². The lowest BCUT2D eigenvalue weighted by Crippen LogP contribution is -2.52. The fraction of sp³-hybridized carbons (Fsp3) is 0.364. The number of nitrogens with one attached hydrogen (secondary N) is 3. The second-order valence-corrected chi connectivity index (χ2v) is 13.0. The molecule has 0 radical (unpaired) electrons. The molecule has 3 aromatic carbocycles. The summed E-state index contributed by atoms with van der Waals surface area (Å²) in [6.45, 7) is 6.00. The molecule has 1 aliphatic rings. The topological polar surface area (TPSA) is 106 Å². The van der Waals surface area contributed by atoms with Crippen molar-refractivity contribution in [2.24, 2.45) is 5.41 Å². The highest BCUT2D eigenvalue weighted by molar-refractivity contribution is 6.31. The first-order valence-electron chi connectivity index (χ1n) is 14.3. The van der Waals surface area contributed by atoms with Crippen molar-refractivity contribution in [3.8, 4) is 5.75 Å². The summed E-state index contributed by atoms with van der Waals surface area (Å²) in [5.41, 5.74) is 0.507. The van der Waals surface area contributed by atoms with Crippen LogP contribution in [0.5, 0.6) is 5.75 Å². The molecule has 0 spiro atoms. The van der Waals surface area contributed by atoms with E-state index >= 15 is 4.39 Å². The van der Waals surface area contributed by atoms with Crippen molar-refractivity contribution >= 4 is 52.4 Å². The number of anilines is 2. The Morgan fingerprint density at radius 2 is 1.78 bits per heavy atom. The van der Waals surface area contributed by atoms with Gasteiger partial charge in [-0.2, -0.15) is 0 Å². The van der Waals surface area contributed by atoms with E-state index < -0.39 is 41.5 Å². The van der Waals surface area contributed by atoms with Crippen LogP contribution in [0.2, 0.25) is 10.0 Å². The van der Waals surface area contributed by atoms with Crippen LogP contribution in [0.25, 0.3) is 0 Å². The Hall–Kier alpha value is -3.73. The maximum atomic E-state index is 15.8. The Balaban J connectivity index is 1.88. The fourth-order valence-corrected chi connectivity index (χ4v) is 5.93. The number of benzene rings is 3. The third-order valence-corrected chi connectivity index (χ3v) is 8.04. The molecule has 0 fully saturated rings. The number of amides is 2. The first kappa shape index (κ1) is 34.1. The molecule has 0 bridgehead atoms. The zero-order valence-electron chi connectivity index (χ0n) is 25.5. The zero-order chi connectivity index (χ0) is 33.1. The quantitative estimate of drug-likeness (QED) is 0.243. The number of halogens is 4. The summed E-state index contributed by atoms with van der Waals surface area (Å²) in [5, 5.41) is 9.24. The minimum atomic E-state index is -1.16. The van der Waals surface area contributed by atoms with E-state index in [0.717, 1.165) is 19.2 Å². The van der Waals surface area contributed by atoms with Crippen LogP contribution in [-0.4, -0.2) is 44.1 Å². The van der Waals surface area contributed by atoms with Crippen LogP contribution in [-0.2, 0) is 20.7 Å². The molecule has 45 heavy (non-hydrogen) atoms. The molecule has 0 aromatic heterocycles. The summed E-state index contributed by atoms with van der Waals surface area (Å²) < 4.78 is 40.8. The lowest BCUT2D eigenvalue weighted by Gasteiger charge is -2.35. The summed E-state index contributed by atoms with van der Waals surface area (Å²) in [4.78, 5) is 39.6. The molecule has 0 aliphatic carbocycles. The van der Waals surface area contributed by atoms with Gasteiger partial charge in [0, 0.05) is 35.2 Å². The number of carbonyl (C=O) groups is 3. The summed E-state index contributed by atoms with van der Waals surface area (Å²) >= 11 is 12.5. The molecule has 3 N–H and O–H groups in total. The molecule has 2 amide bonds. The summed E-state index contributed by atoms with van der Waals surface area (Å²) in [6, 6.07) is 9.90.